The van der Waals surface area contributed by atoms with Gasteiger partial charge in [-0.2, -0.15) is 0 Å². The van der Waals surface area contributed by atoms with Crippen molar-refractivity contribution in [3.8, 4) is 11.5 Å². The van der Waals surface area contributed by atoms with Crippen LogP contribution in [-0.2, 0) is 6.54 Å². The van der Waals surface area contributed by atoms with E-state index in [-0.39, 0.29) is 0 Å². The normalized spacial score (nSPS) is 17.5. The van der Waals surface area contributed by atoms with Crippen molar-refractivity contribution in [1.29, 1.82) is 0 Å². The minimum atomic E-state index is 0.326. The third-order valence-corrected chi connectivity index (χ3v) is 5.40. The molecule has 0 unspecified atom stereocenters. The molecule has 0 N–H and O–H groups in total. The van der Waals surface area contributed by atoms with Crippen molar-refractivity contribution < 1.29 is 9.47 Å². The van der Waals surface area contributed by atoms with Crippen molar-refractivity contribution in [2.75, 3.05) is 31.8 Å². The van der Waals surface area contributed by atoms with E-state index in [2.05, 4.69) is 57.6 Å². The second-order valence-electron chi connectivity index (χ2n) is 7.42. The Labute approximate surface area is 154 Å². The topological polar surface area (TPSA) is 55.7 Å². The number of fused-ring (bicyclic) bond motifs is 1. The minimum Gasteiger partial charge on any atom is -0.454 e. The SMILES string of the molecule is CC(C)n1cnnc1CN(C)C1CCN(c2ccc3c(c2)OCO3)CC1. The zero-order chi connectivity index (χ0) is 18.1. The summed E-state index contributed by atoms with van der Waals surface area (Å²) in [6.45, 7) is 7.59. The van der Waals surface area contributed by atoms with Gasteiger partial charge in [0, 0.05) is 36.9 Å². The van der Waals surface area contributed by atoms with Crippen LogP contribution in [0.5, 0.6) is 11.5 Å². The van der Waals surface area contributed by atoms with Gasteiger partial charge >= 0.3 is 0 Å². The van der Waals surface area contributed by atoms with E-state index >= 15 is 0 Å². The molecule has 0 saturated carbocycles. The highest BCUT2D eigenvalue weighted by Crippen LogP contribution is 2.36. The van der Waals surface area contributed by atoms with Crippen LogP contribution < -0.4 is 14.4 Å². The fraction of sp³-hybridized carbons (Fsp3) is 0.579. The predicted molar refractivity (Wildman–Crippen MR) is 99.7 cm³/mol. The Kier molecular flexibility index (Phi) is 4.72. The summed E-state index contributed by atoms with van der Waals surface area (Å²) in [5.41, 5.74) is 1.22. The van der Waals surface area contributed by atoms with E-state index in [4.69, 9.17) is 9.47 Å². The lowest BCUT2D eigenvalue weighted by Crippen LogP contribution is -2.43. The van der Waals surface area contributed by atoms with Gasteiger partial charge in [-0.05, 0) is 45.9 Å². The van der Waals surface area contributed by atoms with Crippen LogP contribution in [0.15, 0.2) is 24.5 Å². The summed E-state index contributed by atoms with van der Waals surface area (Å²) in [4.78, 5) is 4.85. The van der Waals surface area contributed by atoms with E-state index in [0.29, 0.717) is 18.9 Å². The Morgan fingerprint density at radius 3 is 2.73 bits per heavy atom. The number of hydrogen-bond donors (Lipinski definition) is 0. The summed E-state index contributed by atoms with van der Waals surface area (Å²) in [5, 5.41) is 8.38. The molecule has 0 aliphatic carbocycles. The number of hydrogen-bond acceptors (Lipinski definition) is 6. The van der Waals surface area contributed by atoms with Gasteiger partial charge in [-0.25, -0.2) is 0 Å². The van der Waals surface area contributed by atoms with E-state index < -0.39 is 0 Å². The Morgan fingerprint density at radius 1 is 1.19 bits per heavy atom. The van der Waals surface area contributed by atoms with Crippen LogP contribution in [0, 0.1) is 0 Å². The highest BCUT2D eigenvalue weighted by Gasteiger charge is 2.25. The van der Waals surface area contributed by atoms with Crippen LogP contribution in [0.3, 0.4) is 0 Å². The maximum Gasteiger partial charge on any atom is 0.231 e. The van der Waals surface area contributed by atoms with E-state index in [1.807, 2.05) is 12.4 Å². The molecule has 0 bridgehead atoms. The molecule has 3 heterocycles. The molecule has 4 rings (SSSR count). The average Bonchev–Trinajstić information content (AvgIpc) is 3.30. The Balaban J connectivity index is 1.35. The lowest BCUT2D eigenvalue weighted by molar-refractivity contribution is 0.174. The third-order valence-electron chi connectivity index (χ3n) is 5.40. The minimum absolute atomic E-state index is 0.326. The number of ether oxygens (including phenoxy) is 2. The molecule has 2 aromatic rings. The first-order chi connectivity index (χ1) is 12.6. The molecule has 2 aliphatic rings. The highest BCUT2D eigenvalue weighted by molar-refractivity contribution is 5.57. The maximum atomic E-state index is 5.51. The maximum absolute atomic E-state index is 5.51. The van der Waals surface area contributed by atoms with Gasteiger partial charge < -0.3 is 18.9 Å². The summed E-state index contributed by atoms with van der Waals surface area (Å²) >= 11 is 0. The molecule has 1 saturated heterocycles. The average molecular weight is 357 g/mol. The molecule has 26 heavy (non-hydrogen) atoms. The first-order valence-corrected chi connectivity index (χ1v) is 9.35. The van der Waals surface area contributed by atoms with Crippen molar-refractivity contribution >= 4 is 5.69 Å². The predicted octanol–water partition coefficient (Wildman–Crippen LogP) is 2.69. The van der Waals surface area contributed by atoms with Crippen LogP contribution >= 0.6 is 0 Å². The van der Waals surface area contributed by atoms with E-state index in [0.717, 1.165) is 49.8 Å². The second-order valence-corrected chi connectivity index (χ2v) is 7.42. The van der Waals surface area contributed by atoms with Gasteiger partial charge in [-0.1, -0.05) is 0 Å². The molecule has 7 heteroatoms. The number of rotatable bonds is 5. The molecule has 1 aromatic carbocycles. The largest absolute Gasteiger partial charge is 0.454 e. The van der Waals surface area contributed by atoms with Gasteiger partial charge in [0.15, 0.2) is 11.5 Å². The van der Waals surface area contributed by atoms with Crippen molar-refractivity contribution in [3.63, 3.8) is 0 Å². The van der Waals surface area contributed by atoms with E-state index in [1.54, 1.807) is 0 Å². The molecule has 0 radical (unpaired) electrons. The summed E-state index contributed by atoms with van der Waals surface area (Å²) in [7, 11) is 2.19. The number of piperidine rings is 1. The Hall–Kier alpha value is -2.28. The van der Waals surface area contributed by atoms with Crippen molar-refractivity contribution in [2.45, 2.75) is 45.3 Å². The molecule has 1 fully saturated rings. The quantitative estimate of drug-likeness (QED) is 0.820. The molecule has 7 nitrogen and oxygen atoms in total. The van der Waals surface area contributed by atoms with Gasteiger partial charge in [0.1, 0.15) is 12.2 Å². The fourth-order valence-corrected chi connectivity index (χ4v) is 3.81. The molecule has 140 valence electrons. The smallest absolute Gasteiger partial charge is 0.231 e. The number of benzene rings is 1. The Bertz CT molecular complexity index is 752. The molecular weight excluding hydrogens is 330 g/mol. The molecular formula is C19H27N5O2. The van der Waals surface area contributed by atoms with E-state index in [1.165, 1.54) is 5.69 Å². The van der Waals surface area contributed by atoms with Crippen LogP contribution in [0.2, 0.25) is 0 Å². The monoisotopic (exact) mass is 357 g/mol. The standard InChI is InChI=1S/C19H27N5O2/c1-14(2)24-12-20-21-19(24)11-22(3)15-6-8-23(9-7-15)16-4-5-17-18(10-16)26-13-25-17/h4-5,10,12,14-15H,6-9,11,13H2,1-3H3. The molecule has 0 spiro atoms. The zero-order valence-electron chi connectivity index (χ0n) is 15.8. The van der Waals surface area contributed by atoms with Crippen LogP contribution in [-0.4, -0.2) is 52.6 Å². The summed E-state index contributed by atoms with van der Waals surface area (Å²) in [5.74, 6) is 2.74. The van der Waals surface area contributed by atoms with Crippen LogP contribution in [0.4, 0.5) is 5.69 Å². The van der Waals surface area contributed by atoms with Gasteiger partial charge in [0.05, 0.1) is 6.54 Å². The summed E-state index contributed by atoms with van der Waals surface area (Å²) < 4.78 is 13.1. The lowest BCUT2D eigenvalue weighted by atomic mass is 10.0. The van der Waals surface area contributed by atoms with Gasteiger partial charge in [-0.15, -0.1) is 10.2 Å². The Morgan fingerprint density at radius 2 is 1.96 bits per heavy atom. The first kappa shape index (κ1) is 17.1. The van der Waals surface area contributed by atoms with Gasteiger partial charge in [0.2, 0.25) is 6.79 Å². The van der Waals surface area contributed by atoms with Crippen LogP contribution in [0.25, 0.3) is 0 Å². The highest BCUT2D eigenvalue weighted by atomic mass is 16.7. The number of anilines is 1. The zero-order valence-corrected chi connectivity index (χ0v) is 15.8. The molecule has 0 atom stereocenters. The van der Waals surface area contributed by atoms with Gasteiger partial charge in [-0.3, -0.25) is 4.90 Å². The number of nitrogens with zero attached hydrogens (tertiary/aromatic N) is 5. The molecule has 2 aliphatic heterocycles. The first-order valence-electron chi connectivity index (χ1n) is 9.35. The summed E-state index contributed by atoms with van der Waals surface area (Å²) in [6, 6.07) is 7.19. The lowest BCUT2D eigenvalue weighted by Gasteiger charge is -2.37. The fourth-order valence-electron chi connectivity index (χ4n) is 3.81. The molecule has 1 aromatic heterocycles. The van der Waals surface area contributed by atoms with Crippen molar-refractivity contribution in [1.82, 2.24) is 19.7 Å². The second kappa shape index (κ2) is 7.15. The summed E-state index contributed by atoms with van der Waals surface area (Å²) in [6.07, 6.45) is 4.11. The van der Waals surface area contributed by atoms with Gasteiger partial charge in [0.25, 0.3) is 0 Å². The van der Waals surface area contributed by atoms with Crippen molar-refractivity contribution in [3.05, 3.63) is 30.4 Å². The van der Waals surface area contributed by atoms with E-state index in [9.17, 15) is 0 Å². The third kappa shape index (κ3) is 3.35. The van der Waals surface area contributed by atoms with Crippen LogP contribution in [0.1, 0.15) is 38.6 Å². The molecule has 0 amide bonds. The van der Waals surface area contributed by atoms with Crippen molar-refractivity contribution in [2.24, 2.45) is 0 Å². The number of aromatic nitrogens is 3.